The Labute approximate surface area is 119 Å². The van der Waals surface area contributed by atoms with Gasteiger partial charge in [0.25, 0.3) is 0 Å². The Morgan fingerprint density at radius 3 is 3.16 bits per heavy atom. The lowest BCUT2D eigenvalue weighted by molar-refractivity contribution is -0.117. The molecule has 1 amide bonds. The van der Waals surface area contributed by atoms with E-state index in [1.807, 2.05) is 12.1 Å². The van der Waals surface area contributed by atoms with Crippen molar-refractivity contribution in [1.29, 1.82) is 0 Å². The number of carbonyl (C=O) groups is 1. The summed E-state index contributed by atoms with van der Waals surface area (Å²) in [7, 11) is 0. The highest BCUT2D eigenvalue weighted by Gasteiger charge is 2.23. The molecule has 1 aromatic heterocycles. The van der Waals surface area contributed by atoms with Gasteiger partial charge in [0, 0.05) is 23.2 Å². The van der Waals surface area contributed by atoms with Crippen molar-refractivity contribution in [2.45, 2.75) is 6.04 Å². The largest absolute Gasteiger partial charge is 0.323 e. The van der Waals surface area contributed by atoms with E-state index in [1.54, 1.807) is 30.1 Å². The smallest absolute Gasteiger partial charge is 0.242 e. The van der Waals surface area contributed by atoms with Gasteiger partial charge < -0.3 is 5.32 Å². The molecule has 0 bridgehead atoms. The van der Waals surface area contributed by atoms with Gasteiger partial charge in [-0.1, -0.05) is 11.6 Å². The number of carbonyl (C=O) groups excluding carboxylic acids is 1. The average molecular weight is 294 g/mol. The summed E-state index contributed by atoms with van der Waals surface area (Å²) in [4.78, 5) is 16.4. The van der Waals surface area contributed by atoms with Crippen LogP contribution in [0.5, 0.6) is 0 Å². The van der Waals surface area contributed by atoms with Crippen LogP contribution in [0, 0.1) is 0 Å². The Bertz CT molecular complexity index is 628. The predicted octanol–water partition coefficient (Wildman–Crippen LogP) is 2.49. The molecule has 2 heterocycles. The molecule has 1 atom stereocenters. The first-order valence-corrected chi connectivity index (χ1v) is 7.44. The van der Waals surface area contributed by atoms with Crippen molar-refractivity contribution in [1.82, 2.24) is 10.3 Å². The highest BCUT2D eigenvalue weighted by molar-refractivity contribution is 7.99. The second-order valence-corrected chi connectivity index (χ2v) is 5.69. The average Bonchev–Trinajstić information content (AvgIpc) is 2.96. The van der Waals surface area contributed by atoms with Crippen LogP contribution in [0.4, 0.5) is 5.69 Å². The van der Waals surface area contributed by atoms with Crippen LogP contribution in [0.15, 0.2) is 30.5 Å². The van der Waals surface area contributed by atoms with Gasteiger partial charge in [0.1, 0.15) is 0 Å². The van der Waals surface area contributed by atoms with Crippen LogP contribution in [0.25, 0.3) is 10.9 Å². The van der Waals surface area contributed by atoms with Crippen molar-refractivity contribution in [2.75, 3.05) is 16.9 Å². The van der Waals surface area contributed by atoms with Crippen LogP contribution in [-0.4, -0.2) is 28.6 Å². The van der Waals surface area contributed by atoms with Crippen LogP contribution in [0.1, 0.15) is 0 Å². The zero-order chi connectivity index (χ0) is 13.2. The van der Waals surface area contributed by atoms with Crippen LogP contribution < -0.4 is 10.6 Å². The molecule has 19 heavy (non-hydrogen) atoms. The molecular weight excluding hydrogens is 282 g/mol. The Morgan fingerprint density at radius 2 is 2.37 bits per heavy atom. The first-order valence-electron chi connectivity index (χ1n) is 5.91. The number of benzene rings is 1. The summed E-state index contributed by atoms with van der Waals surface area (Å²) in [6, 6.07) is 7.15. The van der Waals surface area contributed by atoms with Crippen LogP contribution in [0.3, 0.4) is 0 Å². The SMILES string of the molecule is O=C(Nc1ccc(Cl)c2cccnc12)C1CSCN1. The van der Waals surface area contributed by atoms with E-state index in [2.05, 4.69) is 15.6 Å². The third kappa shape index (κ3) is 2.54. The van der Waals surface area contributed by atoms with E-state index in [-0.39, 0.29) is 11.9 Å². The lowest BCUT2D eigenvalue weighted by Crippen LogP contribution is -2.37. The lowest BCUT2D eigenvalue weighted by atomic mass is 10.2. The number of hydrogen-bond donors (Lipinski definition) is 2. The van der Waals surface area contributed by atoms with Gasteiger partial charge in [0.05, 0.1) is 22.3 Å². The molecule has 98 valence electrons. The van der Waals surface area contributed by atoms with E-state index in [1.165, 1.54) is 0 Å². The van der Waals surface area contributed by atoms with Crippen molar-refractivity contribution in [3.8, 4) is 0 Å². The molecule has 1 fully saturated rings. The van der Waals surface area contributed by atoms with Crippen LogP contribution in [0.2, 0.25) is 5.02 Å². The first kappa shape index (κ1) is 12.7. The Kier molecular flexibility index (Phi) is 3.59. The monoisotopic (exact) mass is 293 g/mol. The maximum absolute atomic E-state index is 12.1. The van der Waals surface area contributed by atoms with E-state index >= 15 is 0 Å². The third-order valence-electron chi connectivity index (χ3n) is 3.01. The summed E-state index contributed by atoms with van der Waals surface area (Å²) in [6.45, 7) is 0. The molecule has 0 aliphatic carbocycles. The molecule has 1 aliphatic rings. The normalized spacial score (nSPS) is 18.7. The van der Waals surface area contributed by atoms with Crippen LogP contribution in [-0.2, 0) is 4.79 Å². The molecule has 1 aromatic carbocycles. The summed E-state index contributed by atoms with van der Waals surface area (Å²) in [5.74, 6) is 1.59. The number of thioether (sulfide) groups is 1. The molecule has 1 unspecified atom stereocenters. The van der Waals surface area contributed by atoms with E-state index in [0.29, 0.717) is 16.2 Å². The van der Waals surface area contributed by atoms with Gasteiger partial charge in [0.15, 0.2) is 0 Å². The van der Waals surface area contributed by atoms with Gasteiger partial charge in [-0.25, -0.2) is 0 Å². The minimum Gasteiger partial charge on any atom is -0.323 e. The van der Waals surface area contributed by atoms with Gasteiger partial charge in [-0.3, -0.25) is 15.1 Å². The lowest BCUT2D eigenvalue weighted by Gasteiger charge is -2.12. The van der Waals surface area contributed by atoms with Crippen molar-refractivity contribution < 1.29 is 4.79 Å². The van der Waals surface area contributed by atoms with Crippen LogP contribution >= 0.6 is 23.4 Å². The molecule has 2 N–H and O–H groups in total. The van der Waals surface area contributed by atoms with Crippen molar-refractivity contribution in [3.63, 3.8) is 0 Å². The third-order valence-corrected chi connectivity index (χ3v) is 4.28. The fourth-order valence-electron chi connectivity index (χ4n) is 2.02. The molecule has 1 saturated heterocycles. The zero-order valence-corrected chi connectivity index (χ0v) is 11.6. The number of rotatable bonds is 2. The van der Waals surface area contributed by atoms with Crippen molar-refractivity contribution in [2.24, 2.45) is 0 Å². The minimum atomic E-state index is -0.139. The maximum atomic E-state index is 12.1. The Balaban J connectivity index is 1.92. The summed E-state index contributed by atoms with van der Waals surface area (Å²) in [6.07, 6.45) is 1.69. The van der Waals surface area contributed by atoms with Gasteiger partial charge in [0.2, 0.25) is 5.91 Å². The number of aromatic nitrogens is 1. The number of fused-ring (bicyclic) bond motifs is 1. The summed E-state index contributed by atoms with van der Waals surface area (Å²) in [5, 5.41) is 7.54. The second-order valence-electron chi connectivity index (χ2n) is 4.26. The van der Waals surface area contributed by atoms with Gasteiger partial charge in [-0.15, -0.1) is 11.8 Å². The highest BCUT2D eigenvalue weighted by Crippen LogP contribution is 2.28. The molecule has 0 saturated carbocycles. The molecule has 0 spiro atoms. The number of nitrogens with one attached hydrogen (secondary N) is 2. The topological polar surface area (TPSA) is 54.0 Å². The van der Waals surface area contributed by atoms with Gasteiger partial charge in [-0.2, -0.15) is 0 Å². The molecule has 0 radical (unpaired) electrons. The number of anilines is 1. The summed E-state index contributed by atoms with van der Waals surface area (Å²) < 4.78 is 0. The molecule has 1 aliphatic heterocycles. The van der Waals surface area contributed by atoms with Gasteiger partial charge >= 0.3 is 0 Å². The van der Waals surface area contributed by atoms with E-state index < -0.39 is 0 Å². The maximum Gasteiger partial charge on any atom is 0.242 e. The number of amides is 1. The standard InChI is InChI=1S/C13H12ClN3OS/c14-9-3-4-10(12-8(9)2-1-5-15-12)17-13(18)11-6-19-7-16-11/h1-5,11,16H,6-7H2,(H,17,18). The predicted molar refractivity (Wildman–Crippen MR) is 79.6 cm³/mol. The Morgan fingerprint density at radius 1 is 1.47 bits per heavy atom. The van der Waals surface area contributed by atoms with E-state index in [9.17, 15) is 4.79 Å². The Hall–Kier alpha value is -1.30. The summed E-state index contributed by atoms with van der Waals surface area (Å²) >= 11 is 7.84. The quantitative estimate of drug-likeness (QED) is 0.893. The minimum absolute atomic E-state index is 0.0284. The fraction of sp³-hybridized carbons (Fsp3) is 0.231. The number of nitrogens with zero attached hydrogens (tertiary/aromatic N) is 1. The number of halogens is 1. The van der Waals surface area contributed by atoms with Gasteiger partial charge in [-0.05, 0) is 24.3 Å². The molecule has 3 rings (SSSR count). The molecule has 2 aromatic rings. The van der Waals surface area contributed by atoms with E-state index in [0.717, 1.165) is 17.0 Å². The molecule has 4 nitrogen and oxygen atoms in total. The summed E-state index contributed by atoms with van der Waals surface area (Å²) in [5.41, 5.74) is 1.41. The van der Waals surface area contributed by atoms with Crippen molar-refractivity contribution >= 4 is 45.9 Å². The first-order chi connectivity index (χ1) is 9.25. The molecule has 6 heteroatoms. The number of hydrogen-bond acceptors (Lipinski definition) is 4. The number of pyridine rings is 1. The van der Waals surface area contributed by atoms with E-state index in [4.69, 9.17) is 11.6 Å². The van der Waals surface area contributed by atoms with Crippen molar-refractivity contribution in [3.05, 3.63) is 35.5 Å². The zero-order valence-electron chi connectivity index (χ0n) is 10.0. The highest BCUT2D eigenvalue weighted by atomic mass is 35.5. The molecular formula is C13H12ClN3OS. The fourth-order valence-corrected chi connectivity index (χ4v) is 3.18. The second kappa shape index (κ2) is 5.36.